The van der Waals surface area contributed by atoms with Gasteiger partial charge in [-0.3, -0.25) is 0 Å². The van der Waals surface area contributed by atoms with Gasteiger partial charge in [0.15, 0.2) is 0 Å². The fourth-order valence-electron chi connectivity index (χ4n) is 2.46. The van der Waals surface area contributed by atoms with E-state index in [2.05, 4.69) is 56.5 Å². The lowest BCUT2D eigenvalue weighted by molar-refractivity contribution is 0.875. The predicted molar refractivity (Wildman–Crippen MR) is 250 cm³/mol. The van der Waals surface area contributed by atoms with Gasteiger partial charge in [-0.25, -0.2) is 15.0 Å². The fourth-order valence-corrected chi connectivity index (χ4v) is 2.46. The molecule has 0 N–H and O–H groups in total. The summed E-state index contributed by atoms with van der Waals surface area (Å²) in [5.74, 6) is 2.38. The summed E-state index contributed by atoms with van der Waals surface area (Å²) in [5.41, 5.74) is 8.73. The molecule has 0 aliphatic heterocycles. The number of hydrogen-bond donors (Lipinski definition) is 0. The third-order valence-electron chi connectivity index (χ3n) is 4.35. The normalized spacial score (nSPS) is 4.73. The average molecular weight is 670 g/mol. The van der Waals surface area contributed by atoms with Crippen molar-refractivity contribution in [2.45, 2.75) is 241 Å². The van der Waals surface area contributed by atoms with Crippen LogP contribution in [0.5, 0.6) is 0 Å². The first-order valence-electron chi connectivity index (χ1n) is 7.34. The van der Waals surface area contributed by atoms with Gasteiger partial charge in [-0.1, -0.05) is 178 Å². The van der Waals surface area contributed by atoms with Crippen molar-refractivity contribution in [2.75, 3.05) is 0 Å². The van der Waals surface area contributed by atoms with Crippen molar-refractivity contribution in [2.24, 2.45) is 0 Å². The lowest BCUT2D eigenvalue weighted by atomic mass is 9.90. The van der Waals surface area contributed by atoms with Crippen molar-refractivity contribution in [3.63, 3.8) is 0 Å². The molecule has 45 heavy (non-hydrogen) atoms. The number of nitrogens with zero attached hydrogens (tertiary/aromatic N) is 3. The molecular formula is C42H123N3. The molecule has 0 aliphatic rings. The second kappa shape index (κ2) is 90.1. The molecule has 306 valence electrons. The first-order chi connectivity index (χ1) is 9.65. The Morgan fingerprint density at radius 2 is 0.244 bits per heavy atom. The minimum Gasteiger partial charge on any atom is -0.219 e. The van der Waals surface area contributed by atoms with Gasteiger partial charge < -0.3 is 0 Å². The van der Waals surface area contributed by atoms with Crippen LogP contribution in [0.25, 0.3) is 0 Å². The number of aromatic nitrogens is 3. The summed E-state index contributed by atoms with van der Waals surface area (Å²) >= 11 is 0. The van der Waals surface area contributed by atoms with Crippen molar-refractivity contribution < 1.29 is 0 Å². The third-order valence-corrected chi connectivity index (χ3v) is 4.35. The van der Waals surface area contributed by atoms with Crippen LogP contribution in [0.15, 0.2) is 0 Å². The Morgan fingerprint density at radius 3 is 0.311 bits per heavy atom. The Hall–Kier alpha value is -1.77. The van der Waals surface area contributed by atoms with E-state index in [0.29, 0.717) is 0 Å². The largest absolute Gasteiger partial charge is 0.219 e. The molecule has 0 atom stereocenters. The highest BCUT2D eigenvalue weighted by Crippen LogP contribution is 2.24. The van der Waals surface area contributed by atoms with Crippen LogP contribution in [0.2, 0.25) is 0 Å². The van der Waals surface area contributed by atoms with E-state index in [1.54, 1.807) is 0 Å². The molecule has 0 fully saturated rings. The quantitative estimate of drug-likeness (QED) is 0.280. The van der Waals surface area contributed by atoms with Crippen molar-refractivity contribution in [3.8, 4) is 0 Å². The van der Waals surface area contributed by atoms with Crippen LogP contribution in [0, 0.1) is 62.3 Å². The molecule has 0 radical (unpaired) electrons. The smallest absolute Gasteiger partial charge is 0.129 e. The molecule has 0 saturated carbocycles. The van der Waals surface area contributed by atoms with Gasteiger partial charge >= 0.3 is 0 Å². The molecule has 1 aromatic heterocycles. The molecule has 0 aliphatic carbocycles. The Balaban J connectivity index is -0.00000000586. The number of rotatable bonds is 0. The summed E-state index contributed by atoms with van der Waals surface area (Å²) in [6, 6.07) is 0. The van der Waals surface area contributed by atoms with E-state index in [-0.39, 0.29) is 178 Å². The lowest BCUT2D eigenvalue weighted by Crippen LogP contribution is -1.98. The maximum Gasteiger partial charge on any atom is 0.129 e. The highest BCUT2D eigenvalue weighted by atomic mass is 15.0. The molecule has 1 aromatic carbocycles. The number of aryl methyl sites for hydroxylation is 3. The van der Waals surface area contributed by atoms with Crippen molar-refractivity contribution >= 4 is 0 Å². The summed E-state index contributed by atoms with van der Waals surface area (Å²) in [6.07, 6.45) is 0. The van der Waals surface area contributed by atoms with E-state index < -0.39 is 0 Å². The monoisotopic (exact) mass is 670 g/mol. The topological polar surface area (TPSA) is 38.7 Å². The van der Waals surface area contributed by atoms with Gasteiger partial charge in [-0.15, -0.1) is 0 Å². The minimum atomic E-state index is 0. The van der Waals surface area contributed by atoms with E-state index in [9.17, 15) is 0 Å². The summed E-state index contributed by atoms with van der Waals surface area (Å²) in [6.45, 7) is 18.9. The van der Waals surface area contributed by atoms with Crippen LogP contribution in [0.3, 0.4) is 0 Å². The Labute approximate surface area is 305 Å². The van der Waals surface area contributed by atoms with Gasteiger partial charge in [0.1, 0.15) is 17.5 Å². The molecule has 3 nitrogen and oxygen atoms in total. The summed E-state index contributed by atoms with van der Waals surface area (Å²) in [4.78, 5) is 12.0. The molecule has 0 unspecified atom stereocenters. The van der Waals surface area contributed by atoms with Gasteiger partial charge in [-0.2, -0.15) is 0 Å². The standard InChI is InChI=1S/C12H18.C6H9N3.24CH4/c1-7-8(2)10(4)12(6)11(5)9(7)3;1-4-7-5(2)9-6(3)8-4;;;;;;;;;;;;;;;;;;;;;;;;/h1-6H3;1-3H3;24*1H4. The maximum atomic E-state index is 4.01. The van der Waals surface area contributed by atoms with Gasteiger partial charge in [0.05, 0.1) is 0 Å². The Morgan fingerprint density at radius 1 is 0.178 bits per heavy atom. The molecule has 0 amide bonds. The first kappa shape index (κ1) is 208. The summed E-state index contributed by atoms with van der Waals surface area (Å²) in [7, 11) is 0. The molecular weight excluding hydrogens is 546 g/mol. The highest BCUT2D eigenvalue weighted by Gasteiger charge is 2.07. The Bertz CT molecular complexity index is 506. The van der Waals surface area contributed by atoms with Crippen LogP contribution >= 0.6 is 0 Å². The highest BCUT2D eigenvalue weighted by molar-refractivity contribution is 5.48. The van der Waals surface area contributed by atoms with Crippen molar-refractivity contribution in [1.82, 2.24) is 15.0 Å². The van der Waals surface area contributed by atoms with Crippen molar-refractivity contribution in [1.29, 1.82) is 0 Å². The van der Waals surface area contributed by atoms with Gasteiger partial charge in [0.25, 0.3) is 0 Å². The zero-order valence-corrected chi connectivity index (χ0v) is 14.8. The van der Waals surface area contributed by atoms with Gasteiger partial charge in [-0.05, 0) is 95.7 Å². The zero-order valence-electron chi connectivity index (χ0n) is 14.8. The third kappa shape index (κ3) is 58.3. The second-order valence-corrected chi connectivity index (χ2v) is 5.73. The molecule has 0 saturated heterocycles. The van der Waals surface area contributed by atoms with E-state index in [4.69, 9.17) is 0 Å². The van der Waals surface area contributed by atoms with E-state index in [1.807, 2.05) is 20.8 Å². The zero-order chi connectivity index (χ0) is 16.3. The van der Waals surface area contributed by atoms with Gasteiger partial charge in [0.2, 0.25) is 0 Å². The van der Waals surface area contributed by atoms with Crippen LogP contribution < -0.4 is 0 Å². The molecule has 0 spiro atoms. The number of benzene rings is 1. The van der Waals surface area contributed by atoms with Crippen molar-refractivity contribution in [3.05, 3.63) is 50.9 Å². The van der Waals surface area contributed by atoms with Crippen LogP contribution in [0.1, 0.15) is 229 Å². The van der Waals surface area contributed by atoms with Crippen LogP contribution in [-0.2, 0) is 0 Å². The summed E-state index contributed by atoms with van der Waals surface area (Å²) in [5, 5.41) is 0. The average Bonchev–Trinajstić information content (AvgIpc) is 2.40. The van der Waals surface area contributed by atoms with E-state index in [1.165, 1.54) is 33.4 Å². The van der Waals surface area contributed by atoms with E-state index >= 15 is 0 Å². The second-order valence-electron chi connectivity index (χ2n) is 5.73. The van der Waals surface area contributed by atoms with Gasteiger partial charge in [0, 0.05) is 0 Å². The minimum absolute atomic E-state index is 0. The summed E-state index contributed by atoms with van der Waals surface area (Å²) < 4.78 is 0. The SMILES string of the molecule is C.C.C.C.C.C.C.C.C.C.C.C.C.C.C.C.C.C.C.C.C.C.C.C.Cc1c(C)c(C)c(C)c(C)c1C.Cc1nc(C)nc(C)n1. The Kier molecular flexibility index (Phi) is 417. The van der Waals surface area contributed by atoms with Crippen LogP contribution in [-0.4, -0.2) is 15.0 Å². The van der Waals surface area contributed by atoms with E-state index in [0.717, 1.165) is 17.5 Å². The first-order valence-corrected chi connectivity index (χ1v) is 7.34. The van der Waals surface area contributed by atoms with Crippen LogP contribution in [0.4, 0.5) is 0 Å². The molecule has 2 rings (SSSR count). The number of hydrogen-bond acceptors (Lipinski definition) is 3. The fraction of sp³-hybridized carbons (Fsp3) is 0.786. The lowest BCUT2D eigenvalue weighted by Gasteiger charge is -2.15. The maximum absolute atomic E-state index is 4.01. The predicted octanol–water partition coefficient (Wildman–Crippen LogP) is 19.6. The molecule has 0 bridgehead atoms. The molecule has 2 aromatic rings. The molecule has 1 heterocycles. The molecule has 3 heteroatoms.